The average molecular weight is 251 g/mol. The number of nitrogens with one attached hydrogen (secondary N) is 1. The van der Waals surface area contributed by atoms with Crippen LogP contribution in [0.15, 0.2) is 18.2 Å². The fraction of sp³-hybridized carbons (Fsp3) is 0.385. The van der Waals surface area contributed by atoms with E-state index in [1.807, 2.05) is 13.8 Å². The Kier molecular flexibility index (Phi) is 4.85. The maximum Gasteiger partial charge on any atom is 0.308 e. The van der Waals surface area contributed by atoms with Crippen molar-refractivity contribution in [3.05, 3.63) is 23.8 Å². The first-order valence-electron chi connectivity index (χ1n) is 5.68. The average Bonchev–Trinajstić information content (AvgIpc) is 2.28. The van der Waals surface area contributed by atoms with Gasteiger partial charge in [0.15, 0.2) is 17.3 Å². The zero-order valence-corrected chi connectivity index (χ0v) is 10.7. The number of benzene rings is 1. The first kappa shape index (κ1) is 14.2. The lowest BCUT2D eigenvalue weighted by Gasteiger charge is -2.08. The molecule has 0 bridgehead atoms. The summed E-state index contributed by atoms with van der Waals surface area (Å²) in [6.07, 6.45) is 0. The zero-order valence-electron chi connectivity index (χ0n) is 10.7. The molecule has 0 atom stereocenters. The summed E-state index contributed by atoms with van der Waals surface area (Å²) >= 11 is 0. The molecule has 2 N–H and O–H groups in total. The first-order valence-corrected chi connectivity index (χ1v) is 5.68. The number of hydrogen-bond donors (Lipinski definition) is 2. The van der Waals surface area contributed by atoms with Gasteiger partial charge in [0.25, 0.3) is 0 Å². The highest BCUT2D eigenvalue weighted by molar-refractivity contribution is 5.98. The Bertz CT molecular complexity index is 454. The summed E-state index contributed by atoms with van der Waals surface area (Å²) in [6.45, 7) is 5.32. The van der Waals surface area contributed by atoms with Gasteiger partial charge in [0.2, 0.25) is 0 Å². The summed E-state index contributed by atoms with van der Waals surface area (Å²) in [7, 11) is 0. The molecule has 1 aromatic carbocycles. The molecule has 0 amide bonds. The Morgan fingerprint density at radius 1 is 1.39 bits per heavy atom. The molecule has 1 rings (SSSR count). The molecular weight excluding hydrogens is 234 g/mol. The SMILES string of the molecule is CC(=O)Oc1ccc(C(=O)CNC(C)C)cc1O. The smallest absolute Gasteiger partial charge is 0.308 e. The van der Waals surface area contributed by atoms with Crippen molar-refractivity contribution in [2.45, 2.75) is 26.8 Å². The van der Waals surface area contributed by atoms with Crippen molar-refractivity contribution in [3.8, 4) is 11.5 Å². The Labute approximate surface area is 106 Å². The van der Waals surface area contributed by atoms with Gasteiger partial charge in [0, 0.05) is 18.5 Å². The number of carbonyl (C=O) groups excluding carboxylic acids is 2. The summed E-state index contributed by atoms with van der Waals surface area (Å²) in [4.78, 5) is 22.5. The maximum absolute atomic E-state index is 11.8. The minimum absolute atomic E-state index is 0.0517. The van der Waals surface area contributed by atoms with Crippen LogP contribution in [0, 0.1) is 0 Å². The summed E-state index contributed by atoms with van der Waals surface area (Å²) in [5.41, 5.74) is 0.372. The molecule has 0 aliphatic carbocycles. The van der Waals surface area contributed by atoms with Gasteiger partial charge in [-0.3, -0.25) is 9.59 Å². The molecule has 5 nitrogen and oxygen atoms in total. The lowest BCUT2D eigenvalue weighted by atomic mass is 10.1. The van der Waals surface area contributed by atoms with Crippen molar-refractivity contribution < 1.29 is 19.4 Å². The number of aromatic hydroxyl groups is 1. The van der Waals surface area contributed by atoms with Gasteiger partial charge in [-0.1, -0.05) is 13.8 Å². The van der Waals surface area contributed by atoms with E-state index in [4.69, 9.17) is 4.74 Å². The molecule has 0 radical (unpaired) electrons. The molecular formula is C13H17NO4. The van der Waals surface area contributed by atoms with Gasteiger partial charge in [0.05, 0.1) is 6.54 Å². The van der Waals surface area contributed by atoms with Crippen LogP contribution in [0.1, 0.15) is 31.1 Å². The molecule has 0 saturated heterocycles. The predicted molar refractivity (Wildman–Crippen MR) is 66.9 cm³/mol. The van der Waals surface area contributed by atoms with Crippen LogP contribution in [-0.2, 0) is 4.79 Å². The zero-order chi connectivity index (χ0) is 13.7. The Hall–Kier alpha value is -1.88. The number of carbonyl (C=O) groups is 2. The van der Waals surface area contributed by atoms with Gasteiger partial charge in [-0.15, -0.1) is 0 Å². The van der Waals surface area contributed by atoms with Crippen LogP contribution in [-0.4, -0.2) is 29.4 Å². The Morgan fingerprint density at radius 3 is 2.56 bits per heavy atom. The van der Waals surface area contributed by atoms with Crippen LogP contribution in [0.2, 0.25) is 0 Å². The van der Waals surface area contributed by atoms with E-state index in [1.165, 1.54) is 25.1 Å². The van der Waals surface area contributed by atoms with E-state index in [9.17, 15) is 14.7 Å². The number of ketones is 1. The van der Waals surface area contributed by atoms with E-state index in [2.05, 4.69) is 5.32 Å². The van der Waals surface area contributed by atoms with E-state index in [0.717, 1.165) is 0 Å². The highest BCUT2D eigenvalue weighted by atomic mass is 16.5. The molecule has 0 aliphatic heterocycles. The van der Waals surface area contributed by atoms with Crippen molar-refractivity contribution in [2.24, 2.45) is 0 Å². The minimum Gasteiger partial charge on any atom is -0.504 e. The normalized spacial score (nSPS) is 10.4. The fourth-order valence-corrected chi connectivity index (χ4v) is 1.33. The molecule has 0 fully saturated rings. The molecule has 1 aromatic rings. The molecule has 0 unspecified atom stereocenters. The third kappa shape index (κ3) is 4.18. The Balaban J connectivity index is 2.77. The molecule has 0 aliphatic rings. The van der Waals surface area contributed by atoms with E-state index in [1.54, 1.807) is 0 Å². The van der Waals surface area contributed by atoms with Crippen LogP contribution >= 0.6 is 0 Å². The second kappa shape index (κ2) is 6.16. The van der Waals surface area contributed by atoms with Gasteiger partial charge in [-0.05, 0) is 18.2 Å². The van der Waals surface area contributed by atoms with Crippen molar-refractivity contribution in [1.82, 2.24) is 5.32 Å². The summed E-state index contributed by atoms with van der Waals surface area (Å²) in [5, 5.41) is 12.6. The van der Waals surface area contributed by atoms with Gasteiger partial charge in [-0.2, -0.15) is 0 Å². The topological polar surface area (TPSA) is 75.6 Å². The second-order valence-corrected chi connectivity index (χ2v) is 4.23. The van der Waals surface area contributed by atoms with Crippen LogP contribution in [0.3, 0.4) is 0 Å². The van der Waals surface area contributed by atoms with Crippen LogP contribution in [0.25, 0.3) is 0 Å². The van der Waals surface area contributed by atoms with Crippen LogP contribution < -0.4 is 10.1 Å². The van der Waals surface area contributed by atoms with Crippen molar-refractivity contribution in [1.29, 1.82) is 0 Å². The molecule has 98 valence electrons. The monoisotopic (exact) mass is 251 g/mol. The summed E-state index contributed by atoms with van der Waals surface area (Å²) in [5.74, 6) is -0.823. The number of phenols is 1. The van der Waals surface area contributed by atoms with Crippen molar-refractivity contribution >= 4 is 11.8 Å². The van der Waals surface area contributed by atoms with Gasteiger partial charge >= 0.3 is 5.97 Å². The molecule has 0 heterocycles. The number of ether oxygens (including phenoxy) is 1. The number of Topliss-reactive ketones (excluding diaryl/α,β-unsaturated/α-hetero) is 1. The first-order chi connectivity index (χ1) is 8.40. The van der Waals surface area contributed by atoms with Crippen LogP contribution in [0.5, 0.6) is 11.5 Å². The lowest BCUT2D eigenvalue weighted by Crippen LogP contribution is -2.29. The third-order valence-electron chi connectivity index (χ3n) is 2.21. The van der Waals surface area contributed by atoms with Crippen LogP contribution in [0.4, 0.5) is 0 Å². The van der Waals surface area contributed by atoms with Gasteiger partial charge in [-0.25, -0.2) is 0 Å². The number of rotatable bonds is 5. The lowest BCUT2D eigenvalue weighted by molar-refractivity contribution is -0.132. The summed E-state index contributed by atoms with van der Waals surface area (Å²) in [6, 6.07) is 4.42. The molecule has 0 aromatic heterocycles. The van der Waals surface area contributed by atoms with E-state index < -0.39 is 5.97 Å². The number of phenolic OH excluding ortho intramolecular Hbond substituents is 1. The molecule has 0 saturated carbocycles. The maximum atomic E-state index is 11.8. The van der Waals surface area contributed by atoms with Crippen molar-refractivity contribution in [3.63, 3.8) is 0 Å². The number of esters is 1. The molecule has 5 heteroatoms. The number of hydrogen-bond acceptors (Lipinski definition) is 5. The fourth-order valence-electron chi connectivity index (χ4n) is 1.33. The molecule has 18 heavy (non-hydrogen) atoms. The quantitative estimate of drug-likeness (QED) is 0.471. The second-order valence-electron chi connectivity index (χ2n) is 4.23. The van der Waals surface area contributed by atoms with E-state index in [-0.39, 0.29) is 29.9 Å². The van der Waals surface area contributed by atoms with Gasteiger partial charge in [0.1, 0.15) is 0 Å². The highest BCUT2D eigenvalue weighted by Gasteiger charge is 2.11. The van der Waals surface area contributed by atoms with Gasteiger partial charge < -0.3 is 15.2 Å². The Morgan fingerprint density at radius 2 is 2.06 bits per heavy atom. The minimum atomic E-state index is -0.522. The predicted octanol–water partition coefficient (Wildman–Crippen LogP) is 1.50. The standard InChI is InChI=1S/C13H17NO4/c1-8(2)14-7-12(17)10-4-5-13(11(16)6-10)18-9(3)15/h4-6,8,14,16H,7H2,1-3H3. The summed E-state index contributed by atoms with van der Waals surface area (Å²) < 4.78 is 4.76. The van der Waals surface area contributed by atoms with E-state index in [0.29, 0.717) is 5.56 Å². The largest absolute Gasteiger partial charge is 0.504 e. The van der Waals surface area contributed by atoms with E-state index >= 15 is 0 Å². The molecule has 0 spiro atoms. The third-order valence-corrected chi connectivity index (χ3v) is 2.21. The highest BCUT2D eigenvalue weighted by Crippen LogP contribution is 2.26. The van der Waals surface area contributed by atoms with Crippen molar-refractivity contribution in [2.75, 3.05) is 6.54 Å².